The lowest BCUT2D eigenvalue weighted by atomic mass is 10.1. The van der Waals surface area contributed by atoms with Crippen LogP contribution in [0.15, 0.2) is 18.2 Å². The third kappa shape index (κ3) is 2.54. The van der Waals surface area contributed by atoms with Gasteiger partial charge in [-0.3, -0.25) is 4.79 Å². The minimum atomic E-state index is 0.0312. The van der Waals surface area contributed by atoms with Crippen LogP contribution >= 0.6 is 11.6 Å². The molecule has 0 fully saturated rings. The van der Waals surface area contributed by atoms with Crippen molar-refractivity contribution in [3.63, 3.8) is 0 Å². The predicted octanol–water partition coefficient (Wildman–Crippen LogP) is 2.69. The molecular weight excluding hydrogens is 188 g/mol. The summed E-state index contributed by atoms with van der Waals surface area (Å²) in [4.78, 5) is 11.2. The van der Waals surface area contributed by atoms with E-state index < -0.39 is 0 Å². The number of methoxy groups -OCH3 is 1. The summed E-state index contributed by atoms with van der Waals surface area (Å²) in [6.45, 7) is 1.94. The lowest BCUT2D eigenvalue weighted by molar-refractivity contribution is 0.101. The normalized spacial score (nSPS) is 10.1. The first-order valence-corrected chi connectivity index (χ1v) is 4.31. The number of carbonyl (C=O) groups is 1. The SMILES string of the molecule is COCc1cc(Cl)ccc1C(C)=O. The van der Waals surface area contributed by atoms with Gasteiger partial charge in [0.25, 0.3) is 0 Å². The van der Waals surface area contributed by atoms with Crippen molar-refractivity contribution in [2.75, 3.05) is 7.11 Å². The first-order valence-electron chi connectivity index (χ1n) is 3.93. The summed E-state index contributed by atoms with van der Waals surface area (Å²) in [6.07, 6.45) is 0. The average Bonchev–Trinajstić information content (AvgIpc) is 2.04. The van der Waals surface area contributed by atoms with Gasteiger partial charge in [0.15, 0.2) is 5.78 Å². The maximum absolute atomic E-state index is 11.2. The monoisotopic (exact) mass is 198 g/mol. The number of Topliss-reactive ketones (excluding diaryl/α,β-unsaturated/α-hetero) is 1. The molecule has 3 heteroatoms. The van der Waals surface area contributed by atoms with Gasteiger partial charge in [0, 0.05) is 17.7 Å². The highest BCUT2D eigenvalue weighted by atomic mass is 35.5. The van der Waals surface area contributed by atoms with Crippen LogP contribution in [0, 0.1) is 0 Å². The van der Waals surface area contributed by atoms with Gasteiger partial charge in [-0.1, -0.05) is 11.6 Å². The Morgan fingerprint density at radius 3 is 2.77 bits per heavy atom. The molecule has 0 aliphatic heterocycles. The molecule has 0 aliphatic carbocycles. The molecule has 0 saturated heterocycles. The van der Waals surface area contributed by atoms with E-state index in [1.54, 1.807) is 25.3 Å². The van der Waals surface area contributed by atoms with Crippen molar-refractivity contribution in [2.24, 2.45) is 0 Å². The maximum atomic E-state index is 11.2. The van der Waals surface area contributed by atoms with Gasteiger partial charge in [0.1, 0.15) is 0 Å². The van der Waals surface area contributed by atoms with Crippen LogP contribution in [-0.2, 0) is 11.3 Å². The minimum absolute atomic E-state index is 0.0312. The molecule has 0 radical (unpaired) electrons. The number of carbonyl (C=O) groups excluding carboxylic acids is 1. The van der Waals surface area contributed by atoms with Gasteiger partial charge in [-0.25, -0.2) is 0 Å². The molecule has 0 unspecified atom stereocenters. The molecule has 0 atom stereocenters. The summed E-state index contributed by atoms with van der Waals surface area (Å²) >= 11 is 5.79. The number of ketones is 1. The Kier molecular flexibility index (Phi) is 3.46. The van der Waals surface area contributed by atoms with Crippen LogP contribution in [0.3, 0.4) is 0 Å². The Hall–Kier alpha value is -0.860. The molecule has 1 aromatic carbocycles. The number of rotatable bonds is 3. The van der Waals surface area contributed by atoms with Crippen LogP contribution in [0.5, 0.6) is 0 Å². The third-order valence-corrected chi connectivity index (χ3v) is 1.98. The van der Waals surface area contributed by atoms with Gasteiger partial charge in [0.2, 0.25) is 0 Å². The van der Waals surface area contributed by atoms with Crippen LogP contribution in [0.1, 0.15) is 22.8 Å². The highest BCUT2D eigenvalue weighted by Gasteiger charge is 2.06. The second kappa shape index (κ2) is 4.40. The smallest absolute Gasteiger partial charge is 0.160 e. The molecule has 2 nitrogen and oxygen atoms in total. The fourth-order valence-corrected chi connectivity index (χ4v) is 1.38. The molecule has 0 N–H and O–H groups in total. The van der Waals surface area contributed by atoms with E-state index in [-0.39, 0.29) is 5.78 Å². The molecule has 0 aromatic heterocycles. The predicted molar refractivity (Wildman–Crippen MR) is 52.2 cm³/mol. The summed E-state index contributed by atoms with van der Waals surface area (Å²) in [5, 5.41) is 0.622. The Morgan fingerprint density at radius 1 is 1.54 bits per heavy atom. The molecule has 0 aliphatic rings. The molecule has 0 spiro atoms. The number of halogens is 1. The van der Waals surface area contributed by atoms with E-state index in [1.807, 2.05) is 0 Å². The van der Waals surface area contributed by atoms with E-state index in [0.717, 1.165) is 5.56 Å². The van der Waals surface area contributed by atoms with E-state index in [2.05, 4.69) is 0 Å². The van der Waals surface area contributed by atoms with E-state index in [9.17, 15) is 4.79 Å². The summed E-state index contributed by atoms with van der Waals surface area (Å²) in [5.74, 6) is 0.0312. The fourth-order valence-electron chi connectivity index (χ4n) is 1.18. The second-order valence-electron chi connectivity index (χ2n) is 2.79. The van der Waals surface area contributed by atoms with E-state index in [1.165, 1.54) is 6.92 Å². The lowest BCUT2D eigenvalue weighted by Crippen LogP contribution is -2.00. The summed E-state index contributed by atoms with van der Waals surface area (Å²) in [5.41, 5.74) is 1.51. The first-order chi connectivity index (χ1) is 6.15. The standard InChI is InChI=1S/C10H11ClO2/c1-7(12)10-4-3-9(11)5-8(10)6-13-2/h3-5H,6H2,1-2H3. The highest BCUT2D eigenvalue weighted by molar-refractivity contribution is 6.30. The van der Waals surface area contributed by atoms with E-state index in [0.29, 0.717) is 17.2 Å². The maximum Gasteiger partial charge on any atom is 0.160 e. The van der Waals surface area contributed by atoms with Crippen LogP contribution < -0.4 is 0 Å². The number of ether oxygens (including phenoxy) is 1. The van der Waals surface area contributed by atoms with Crippen molar-refractivity contribution < 1.29 is 9.53 Å². The molecule has 70 valence electrons. The number of hydrogen-bond donors (Lipinski definition) is 0. The Labute approximate surface area is 82.5 Å². The van der Waals surface area contributed by atoms with Crippen molar-refractivity contribution in [3.05, 3.63) is 34.3 Å². The Bertz CT molecular complexity index is 321. The zero-order valence-corrected chi connectivity index (χ0v) is 8.39. The molecule has 0 heterocycles. The van der Waals surface area contributed by atoms with Crippen molar-refractivity contribution in [1.29, 1.82) is 0 Å². The van der Waals surface area contributed by atoms with Crippen LogP contribution in [0.2, 0.25) is 5.02 Å². The van der Waals surface area contributed by atoms with Gasteiger partial charge in [-0.05, 0) is 30.7 Å². The van der Waals surface area contributed by atoms with Crippen molar-refractivity contribution >= 4 is 17.4 Å². The Morgan fingerprint density at radius 2 is 2.23 bits per heavy atom. The average molecular weight is 199 g/mol. The van der Waals surface area contributed by atoms with Gasteiger partial charge in [0.05, 0.1) is 6.61 Å². The van der Waals surface area contributed by atoms with E-state index in [4.69, 9.17) is 16.3 Å². The van der Waals surface area contributed by atoms with Gasteiger partial charge < -0.3 is 4.74 Å². The molecular formula is C10H11ClO2. The van der Waals surface area contributed by atoms with Crippen molar-refractivity contribution in [3.8, 4) is 0 Å². The van der Waals surface area contributed by atoms with Crippen molar-refractivity contribution in [1.82, 2.24) is 0 Å². The fraction of sp³-hybridized carbons (Fsp3) is 0.300. The quantitative estimate of drug-likeness (QED) is 0.699. The van der Waals surface area contributed by atoms with Gasteiger partial charge in [-0.2, -0.15) is 0 Å². The molecule has 1 aromatic rings. The van der Waals surface area contributed by atoms with Gasteiger partial charge >= 0.3 is 0 Å². The zero-order chi connectivity index (χ0) is 9.84. The molecule has 1 rings (SSSR count). The Balaban J connectivity index is 3.10. The topological polar surface area (TPSA) is 26.3 Å². The van der Waals surface area contributed by atoms with Crippen molar-refractivity contribution in [2.45, 2.75) is 13.5 Å². The molecule has 0 amide bonds. The van der Waals surface area contributed by atoms with Gasteiger partial charge in [-0.15, -0.1) is 0 Å². The highest BCUT2D eigenvalue weighted by Crippen LogP contribution is 2.17. The number of benzene rings is 1. The van der Waals surface area contributed by atoms with Crippen LogP contribution in [0.4, 0.5) is 0 Å². The minimum Gasteiger partial charge on any atom is -0.380 e. The molecule has 0 saturated carbocycles. The zero-order valence-electron chi connectivity index (χ0n) is 7.63. The summed E-state index contributed by atoms with van der Waals surface area (Å²) < 4.78 is 4.96. The van der Waals surface area contributed by atoms with Crippen LogP contribution in [0.25, 0.3) is 0 Å². The third-order valence-electron chi connectivity index (χ3n) is 1.75. The largest absolute Gasteiger partial charge is 0.380 e. The summed E-state index contributed by atoms with van der Waals surface area (Å²) in [6, 6.07) is 5.18. The molecule has 0 bridgehead atoms. The summed E-state index contributed by atoms with van der Waals surface area (Å²) in [7, 11) is 1.59. The van der Waals surface area contributed by atoms with E-state index >= 15 is 0 Å². The number of hydrogen-bond acceptors (Lipinski definition) is 2. The molecule has 13 heavy (non-hydrogen) atoms. The second-order valence-corrected chi connectivity index (χ2v) is 3.23. The first kappa shape index (κ1) is 10.2. The van der Waals surface area contributed by atoms with Crippen LogP contribution in [-0.4, -0.2) is 12.9 Å². The lowest BCUT2D eigenvalue weighted by Gasteiger charge is -2.05.